The Balaban J connectivity index is 1.40. The van der Waals surface area contributed by atoms with E-state index in [9.17, 15) is 19.8 Å². The molecule has 0 saturated heterocycles. The quantitative estimate of drug-likeness (QED) is 0.674. The van der Waals surface area contributed by atoms with E-state index < -0.39 is 12.5 Å². The number of carboxylic acid groups (broad SMARTS) is 1. The minimum Gasteiger partial charge on any atom is -0.548 e. The highest BCUT2D eigenvalue weighted by atomic mass is 16.4. The van der Waals surface area contributed by atoms with E-state index in [0.717, 1.165) is 37.0 Å². The van der Waals surface area contributed by atoms with Crippen molar-refractivity contribution in [1.82, 2.24) is 5.32 Å². The van der Waals surface area contributed by atoms with E-state index in [4.69, 9.17) is 0 Å². The van der Waals surface area contributed by atoms with Crippen molar-refractivity contribution >= 4 is 11.9 Å². The molecule has 0 aromatic rings. The summed E-state index contributed by atoms with van der Waals surface area (Å²) in [6, 6.07) is 0. The van der Waals surface area contributed by atoms with Gasteiger partial charge >= 0.3 is 0 Å². The molecule has 5 heteroatoms. The summed E-state index contributed by atoms with van der Waals surface area (Å²) in [5.41, 5.74) is 0.795. The van der Waals surface area contributed by atoms with Gasteiger partial charge in [0, 0.05) is 6.42 Å². The smallest absolute Gasteiger partial charge is 0.220 e. The van der Waals surface area contributed by atoms with Crippen LogP contribution in [0.5, 0.6) is 0 Å². The number of carbonyl (C=O) groups excluding carboxylic acids is 2. The zero-order valence-corrected chi connectivity index (χ0v) is 19.7. The van der Waals surface area contributed by atoms with E-state index in [2.05, 4.69) is 26.1 Å². The number of aliphatic hydroxyl groups is 1. The third kappa shape index (κ3) is 4.16. The van der Waals surface area contributed by atoms with Gasteiger partial charge in [0.1, 0.15) is 0 Å². The van der Waals surface area contributed by atoms with Crippen LogP contribution >= 0.6 is 0 Å². The molecular weight excluding hydrogens is 390 g/mol. The van der Waals surface area contributed by atoms with Gasteiger partial charge in [-0.15, -0.1) is 0 Å². The Kier molecular flexibility index (Phi) is 6.46. The lowest BCUT2D eigenvalue weighted by molar-refractivity contribution is -0.304. The highest BCUT2D eigenvalue weighted by Crippen LogP contribution is 2.68. The zero-order chi connectivity index (χ0) is 22.4. The second kappa shape index (κ2) is 8.68. The van der Waals surface area contributed by atoms with E-state index in [-0.39, 0.29) is 12.0 Å². The fourth-order valence-corrected chi connectivity index (χ4v) is 9.03. The molecule has 31 heavy (non-hydrogen) atoms. The van der Waals surface area contributed by atoms with Gasteiger partial charge in [-0.25, -0.2) is 0 Å². The van der Waals surface area contributed by atoms with Crippen molar-refractivity contribution in [2.24, 2.45) is 46.3 Å². The van der Waals surface area contributed by atoms with Gasteiger partial charge in [0.05, 0.1) is 18.6 Å². The summed E-state index contributed by atoms with van der Waals surface area (Å²) >= 11 is 0. The maximum absolute atomic E-state index is 12.0. The predicted molar refractivity (Wildman–Crippen MR) is 118 cm³/mol. The number of aliphatic hydroxyl groups excluding tert-OH is 1. The Bertz CT molecular complexity index is 695. The Morgan fingerprint density at radius 3 is 2.48 bits per heavy atom. The van der Waals surface area contributed by atoms with Gasteiger partial charge in [0.15, 0.2) is 0 Å². The van der Waals surface area contributed by atoms with Crippen LogP contribution in [0.15, 0.2) is 0 Å². The number of hydrogen-bond donors (Lipinski definition) is 2. The highest BCUT2D eigenvalue weighted by Gasteiger charge is 2.60. The third-order valence-electron chi connectivity index (χ3n) is 10.7. The molecule has 176 valence electrons. The molecule has 0 heterocycles. The molecule has 0 spiro atoms. The SMILES string of the molecule is C[C@H](CCC(=O)NCC(=O)[O-])[C@H]1CC[C@H]2[C@@H]3CC[C@@H]4C[C@H](O)CC[C@]4(C)[C@H]3CC[C@]12C. The molecule has 4 fully saturated rings. The molecule has 9 atom stereocenters. The lowest BCUT2D eigenvalue weighted by Gasteiger charge is -2.61. The number of rotatable bonds is 6. The monoisotopic (exact) mass is 432 g/mol. The first-order chi connectivity index (χ1) is 14.6. The topological polar surface area (TPSA) is 89.5 Å². The minimum absolute atomic E-state index is 0.0795. The molecule has 2 N–H and O–H groups in total. The molecule has 1 amide bonds. The van der Waals surface area contributed by atoms with Crippen molar-refractivity contribution in [3.8, 4) is 0 Å². The normalized spacial score (nSPS) is 45.2. The Morgan fingerprint density at radius 1 is 1.03 bits per heavy atom. The van der Waals surface area contributed by atoms with Gasteiger partial charge in [-0.05, 0) is 111 Å². The maximum atomic E-state index is 12.0. The van der Waals surface area contributed by atoms with Crippen molar-refractivity contribution in [1.29, 1.82) is 0 Å². The summed E-state index contributed by atoms with van der Waals surface area (Å²) in [5, 5.41) is 23.2. The molecule has 0 aromatic heterocycles. The third-order valence-corrected chi connectivity index (χ3v) is 10.7. The first-order valence-corrected chi connectivity index (χ1v) is 12.8. The van der Waals surface area contributed by atoms with Gasteiger partial charge in [-0.1, -0.05) is 20.8 Å². The number of amides is 1. The van der Waals surface area contributed by atoms with Crippen LogP contribution < -0.4 is 10.4 Å². The van der Waals surface area contributed by atoms with Gasteiger partial charge in [-0.3, -0.25) is 4.79 Å². The molecule has 4 aliphatic carbocycles. The van der Waals surface area contributed by atoms with Gasteiger partial charge in [0.2, 0.25) is 5.91 Å². The first kappa shape index (κ1) is 23.1. The summed E-state index contributed by atoms with van der Waals surface area (Å²) in [4.78, 5) is 22.5. The second-order valence-corrected chi connectivity index (χ2v) is 12.0. The Labute approximate surface area is 187 Å². The van der Waals surface area contributed by atoms with Crippen LogP contribution in [-0.2, 0) is 9.59 Å². The van der Waals surface area contributed by atoms with Gasteiger partial charge < -0.3 is 20.3 Å². The molecular formula is C26H42NO4-. The molecule has 4 saturated carbocycles. The molecule has 4 aliphatic rings. The van der Waals surface area contributed by atoms with Crippen LogP contribution in [0.1, 0.15) is 91.4 Å². The number of hydrogen-bond acceptors (Lipinski definition) is 4. The summed E-state index contributed by atoms with van der Waals surface area (Å²) in [5.74, 6) is 2.89. The zero-order valence-electron chi connectivity index (χ0n) is 19.7. The molecule has 0 radical (unpaired) electrons. The van der Waals surface area contributed by atoms with Gasteiger partial charge in [-0.2, -0.15) is 0 Å². The van der Waals surface area contributed by atoms with Crippen LogP contribution in [0.4, 0.5) is 0 Å². The van der Waals surface area contributed by atoms with E-state index in [1.165, 1.54) is 44.9 Å². The number of fused-ring (bicyclic) bond motifs is 5. The van der Waals surface area contributed by atoms with E-state index >= 15 is 0 Å². The van der Waals surface area contributed by atoms with Crippen molar-refractivity contribution in [2.75, 3.05) is 6.54 Å². The first-order valence-electron chi connectivity index (χ1n) is 12.8. The molecule has 5 nitrogen and oxygen atoms in total. The average molecular weight is 433 g/mol. The Morgan fingerprint density at radius 2 is 1.74 bits per heavy atom. The van der Waals surface area contributed by atoms with Crippen molar-refractivity contribution < 1.29 is 19.8 Å². The fraction of sp³-hybridized carbons (Fsp3) is 0.923. The second-order valence-electron chi connectivity index (χ2n) is 12.0. The molecule has 0 aromatic carbocycles. The average Bonchev–Trinajstić information content (AvgIpc) is 3.08. The van der Waals surface area contributed by atoms with Crippen LogP contribution in [-0.4, -0.2) is 29.6 Å². The summed E-state index contributed by atoms with van der Waals surface area (Å²) in [6.45, 7) is 6.99. The number of carboxylic acids is 1. The molecule has 0 unspecified atom stereocenters. The van der Waals surface area contributed by atoms with Crippen LogP contribution in [0, 0.1) is 46.3 Å². The largest absolute Gasteiger partial charge is 0.548 e. The molecule has 0 aliphatic heterocycles. The van der Waals surface area contributed by atoms with E-state index in [0.29, 0.717) is 35.0 Å². The minimum atomic E-state index is -1.24. The summed E-state index contributed by atoms with van der Waals surface area (Å²) < 4.78 is 0. The molecule has 4 rings (SSSR count). The number of aliphatic carboxylic acids is 1. The maximum Gasteiger partial charge on any atom is 0.220 e. The fourth-order valence-electron chi connectivity index (χ4n) is 9.03. The number of carbonyl (C=O) groups is 2. The van der Waals surface area contributed by atoms with E-state index in [1.54, 1.807) is 0 Å². The van der Waals surface area contributed by atoms with Crippen LogP contribution in [0.2, 0.25) is 0 Å². The van der Waals surface area contributed by atoms with Crippen LogP contribution in [0.3, 0.4) is 0 Å². The van der Waals surface area contributed by atoms with Crippen molar-refractivity contribution in [3.63, 3.8) is 0 Å². The van der Waals surface area contributed by atoms with Crippen LogP contribution in [0.25, 0.3) is 0 Å². The standard InChI is InChI=1S/C26H43NO4/c1-16(4-9-23(29)27-15-24(30)31)20-7-8-21-19-6-5-17-14-18(28)10-12-25(17,2)22(19)11-13-26(20,21)3/h16-22,28H,4-15H2,1-3H3,(H,27,29)(H,30,31)/p-1/t16-,17-,18-,19+,20-,21+,22+,25+,26-/m1/s1. The Hall–Kier alpha value is -1.10. The van der Waals surface area contributed by atoms with Crippen molar-refractivity contribution in [3.05, 3.63) is 0 Å². The molecule has 0 bridgehead atoms. The lowest BCUT2D eigenvalue weighted by Crippen LogP contribution is -2.54. The van der Waals surface area contributed by atoms with Crippen molar-refractivity contribution in [2.45, 2.75) is 97.5 Å². The summed E-state index contributed by atoms with van der Waals surface area (Å²) in [7, 11) is 0. The van der Waals surface area contributed by atoms with Gasteiger partial charge in [0.25, 0.3) is 0 Å². The van der Waals surface area contributed by atoms with E-state index in [1.807, 2.05) is 0 Å². The number of nitrogens with one attached hydrogen (secondary N) is 1. The lowest BCUT2D eigenvalue weighted by atomic mass is 9.44. The predicted octanol–water partition coefficient (Wildman–Crippen LogP) is 3.29. The highest BCUT2D eigenvalue weighted by molar-refractivity contribution is 5.80. The summed E-state index contributed by atoms with van der Waals surface area (Å²) in [6.07, 6.45) is 12.2.